The lowest BCUT2D eigenvalue weighted by atomic mass is 9.86. The molecule has 5 heteroatoms. The van der Waals surface area contributed by atoms with E-state index in [1.807, 2.05) is 0 Å². The average molecular weight is 309 g/mol. The van der Waals surface area contributed by atoms with Gasteiger partial charge in [0.1, 0.15) is 0 Å². The van der Waals surface area contributed by atoms with Gasteiger partial charge in [0.2, 0.25) is 0 Å². The quantitative estimate of drug-likeness (QED) is 0.745. The molecule has 122 valence electrons. The van der Waals surface area contributed by atoms with Crippen LogP contribution < -0.4 is 11.5 Å². The lowest BCUT2D eigenvalue weighted by Gasteiger charge is -2.27. The van der Waals surface area contributed by atoms with Crippen LogP contribution in [0.25, 0.3) is 0 Å². The summed E-state index contributed by atoms with van der Waals surface area (Å²) in [4.78, 5) is 0. The maximum atomic E-state index is 8.78. The Hall–Kier alpha value is 0.130. The topological polar surface area (TPSA) is 81.5 Å². The number of nitrogens with two attached hydrogens (primary N) is 2. The monoisotopic (exact) mass is 308 g/mol. The van der Waals surface area contributed by atoms with Crippen LogP contribution in [0.15, 0.2) is 0 Å². The zero-order valence-corrected chi connectivity index (χ0v) is 13.6. The van der Waals surface area contributed by atoms with E-state index in [4.69, 9.17) is 21.3 Å². The van der Waals surface area contributed by atoms with Crippen molar-refractivity contribution in [2.45, 2.75) is 63.5 Å². The molecule has 0 aliphatic heterocycles. The first-order chi connectivity index (χ1) is 9.19. The highest BCUT2D eigenvalue weighted by Crippen LogP contribution is 2.23. The first kappa shape index (κ1) is 20.1. The normalized spacial score (nSPS) is 33.6. The van der Waals surface area contributed by atoms with Gasteiger partial charge in [-0.25, -0.2) is 0 Å². The highest BCUT2D eigenvalue weighted by molar-refractivity contribution is 5.85. The number of rotatable bonds is 3. The van der Waals surface area contributed by atoms with Crippen LogP contribution in [-0.4, -0.2) is 37.5 Å². The first-order valence-corrected chi connectivity index (χ1v) is 7.80. The Bertz CT molecular complexity index is 230. The molecule has 0 spiro atoms. The van der Waals surface area contributed by atoms with Gasteiger partial charge in [-0.2, -0.15) is 0 Å². The molecule has 2 fully saturated rings. The zero-order valence-electron chi connectivity index (χ0n) is 12.8. The molecule has 0 unspecified atom stereocenters. The van der Waals surface area contributed by atoms with E-state index in [-0.39, 0.29) is 25.1 Å². The Labute approximate surface area is 130 Å². The SMILES string of the molecule is COC[C@H]1CCCC[C@@H]1N.Cl.N[C@H]1CCCC[C@@H]1CO. The number of aliphatic hydroxyl groups is 1. The Morgan fingerprint density at radius 3 is 1.70 bits per heavy atom. The van der Waals surface area contributed by atoms with Crippen LogP contribution in [0.2, 0.25) is 0 Å². The number of ether oxygens (including phenoxy) is 1. The molecule has 5 N–H and O–H groups in total. The lowest BCUT2D eigenvalue weighted by molar-refractivity contribution is 0.119. The van der Waals surface area contributed by atoms with E-state index in [2.05, 4.69) is 0 Å². The van der Waals surface area contributed by atoms with E-state index in [0.717, 1.165) is 19.4 Å². The first-order valence-electron chi connectivity index (χ1n) is 7.80. The molecule has 20 heavy (non-hydrogen) atoms. The summed E-state index contributed by atoms with van der Waals surface area (Å²) >= 11 is 0. The van der Waals surface area contributed by atoms with Crippen molar-refractivity contribution in [2.24, 2.45) is 23.3 Å². The van der Waals surface area contributed by atoms with Crippen molar-refractivity contribution in [3.8, 4) is 0 Å². The van der Waals surface area contributed by atoms with Crippen LogP contribution >= 0.6 is 12.4 Å². The third kappa shape index (κ3) is 7.23. The highest BCUT2D eigenvalue weighted by Gasteiger charge is 2.21. The van der Waals surface area contributed by atoms with Gasteiger partial charge in [-0.3, -0.25) is 0 Å². The minimum absolute atomic E-state index is 0. The molecule has 2 aliphatic rings. The standard InChI is InChI=1S/C8H17NO.C7H15NO.ClH/c1-10-6-7-4-2-3-5-8(7)9;8-7-4-2-1-3-6(7)5-9;/h7-8H,2-6,9H2,1H3;6-7,9H,1-5,8H2;1H/t7-,8+;6-,7+;/m11./s1. The molecule has 0 saturated heterocycles. The van der Waals surface area contributed by atoms with Gasteiger partial charge >= 0.3 is 0 Å². The summed E-state index contributed by atoms with van der Waals surface area (Å²) in [5.41, 5.74) is 11.6. The molecule has 4 atom stereocenters. The average Bonchev–Trinajstić information content (AvgIpc) is 2.43. The van der Waals surface area contributed by atoms with Crippen LogP contribution in [0.3, 0.4) is 0 Å². The van der Waals surface area contributed by atoms with E-state index in [0.29, 0.717) is 17.9 Å². The van der Waals surface area contributed by atoms with Gasteiger partial charge < -0.3 is 21.3 Å². The fourth-order valence-electron chi connectivity index (χ4n) is 3.12. The Balaban J connectivity index is 0.000000345. The van der Waals surface area contributed by atoms with Crippen LogP contribution in [0.1, 0.15) is 51.4 Å². The van der Waals surface area contributed by atoms with Crippen molar-refractivity contribution in [3.63, 3.8) is 0 Å². The van der Waals surface area contributed by atoms with E-state index in [1.165, 1.54) is 38.5 Å². The predicted molar refractivity (Wildman–Crippen MR) is 86.1 cm³/mol. The fourth-order valence-corrected chi connectivity index (χ4v) is 3.12. The van der Waals surface area contributed by atoms with Gasteiger partial charge in [0.15, 0.2) is 0 Å². The number of hydrogen-bond donors (Lipinski definition) is 3. The molecule has 0 aromatic heterocycles. The molecule has 2 aliphatic carbocycles. The second-order valence-electron chi connectivity index (χ2n) is 6.05. The summed E-state index contributed by atoms with van der Waals surface area (Å²) < 4.78 is 5.07. The Morgan fingerprint density at radius 2 is 1.35 bits per heavy atom. The summed E-state index contributed by atoms with van der Waals surface area (Å²) in [6.07, 6.45) is 9.81. The molecule has 2 saturated carbocycles. The molecule has 0 amide bonds. The summed E-state index contributed by atoms with van der Waals surface area (Å²) in [6.45, 7) is 1.13. The minimum Gasteiger partial charge on any atom is -0.396 e. The van der Waals surface area contributed by atoms with E-state index in [9.17, 15) is 0 Å². The predicted octanol–water partition coefficient (Wildman–Crippen LogP) is 2.07. The van der Waals surface area contributed by atoms with Gasteiger partial charge in [-0.15, -0.1) is 12.4 Å². The van der Waals surface area contributed by atoms with Crippen molar-refractivity contribution in [1.29, 1.82) is 0 Å². The second-order valence-corrected chi connectivity index (χ2v) is 6.05. The summed E-state index contributed by atoms with van der Waals surface area (Å²) in [6, 6.07) is 0.664. The van der Waals surface area contributed by atoms with Crippen molar-refractivity contribution in [2.75, 3.05) is 20.3 Å². The number of methoxy groups -OCH3 is 1. The van der Waals surface area contributed by atoms with Crippen LogP contribution in [0.4, 0.5) is 0 Å². The van der Waals surface area contributed by atoms with Crippen molar-refractivity contribution in [1.82, 2.24) is 0 Å². The third-order valence-corrected chi connectivity index (χ3v) is 4.55. The summed E-state index contributed by atoms with van der Waals surface area (Å²) in [5.74, 6) is 1.01. The molecule has 0 aromatic carbocycles. The fraction of sp³-hybridized carbons (Fsp3) is 1.00. The molecule has 4 nitrogen and oxygen atoms in total. The van der Waals surface area contributed by atoms with Gasteiger partial charge in [0.05, 0.1) is 6.61 Å². The Kier molecular flexibility index (Phi) is 11.8. The maximum Gasteiger partial charge on any atom is 0.0505 e. The number of hydrogen-bond acceptors (Lipinski definition) is 4. The minimum atomic E-state index is 0. The molecular formula is C15H33ClN2O2. The van der Waals surface area contributed by atoms with E-state index >= 15 is 0 Å². The van der Waals surface area contributed by atoms with Crippen molar-refractivity contribution in [3.05, 3.63) is 0 Å². The van der Waals surface area contributed by atoms with Crippen molar-refractivity contribution < 1.29 is 9.84 Å². The largest absolute Gasteiger partial charge is 0.396 e. The lowest BCUT2D eigenvalue weighted by Crippen LogP contribution is -2.35. The molecular weight excluding hydrogens is 276 g/mol. The molecule has 0 aromatic rings. The van der Waals surface area contributed by atoms with Crippen LogP contribution in [-0.2, 0) is 4.74 Å². The summed E-state index contributed by atoms with van der Waals surface area (Å²) in [7, 11) is 1.75. The van der Waals surface area contributed by atoms with Crippen LogP contribution in [0, 0.1) is 11.8 Å². The zero-order chi connectivity index (χ0) is 14.1. The molecule has 0 heterocycles. The van der Waals surface area contributed by atoms with Gasteiger partial charge in [-0.1, -0.05) is 25.7 Å². The smallest absolute Gasteiger partial charge is 0.0505 e. The molecule has 0 radical (unpaired) electrons. The highest BCUT2D eigenvalue weighted by atomic mass is 35.5. The number of halogens is 1. The van der Waals surface area contributed by atoms with Crippen LogP contribution in [0.5, 0.6) is 0 Å². The van der Waals surface area contributed by atoms with E-state index in [1.54, 1.807) is 7.11 Å². The number of aliphatic hydroxyl groups excluding tert-OH is 1. The van der Waals surface area contributed by atoms with Crippen molar-refractivity contribution >= 4 is 12.4 Å². The molecule has 2 rings (SSSR count). The van der Waals surface area contributed by atoms with Gasteiger partial charge in [0.25, 0.3) is 0 Å². The van der Waals surface area contributed by atoms with Gasteiger partial charge in [-0.05, 0) is 37.5 Å². The maximum absolute atomic E-state index is 8.78. The van der Waals surface area contributed by atoms with E-state index < -0.39 is 0 Å². The molecule has 0 bridgehead atoms. The third-order valence-electron chi connectivity index (χ3n) is 4.55. The van der Waals surface area contributed by atoms with Gasteiger partial charge in [0, 0.05) is 25.8 Å². The Morgan fingerprint density at radius 1 is 0.900 bits per heavy atom. The summed E-state index contributed by atoms with van der Waals surface area (Å²) in [5, 5.41) is 8.78. The second kappa shape index (κ2) is 11.8.